The van der Waals surface area contributed by atoms with Crippen molar-refractivity contribution in [2.45, 2.75) is 39.2 Å². The van der Waals surface area contributed by atoms with Crippen molar-refractivity contribution in [1.82, 2.24) is 40.4 Å². The van der Waals surface area contributed by atoms with E-state index < -0.39 is 0 Å². The molecule has 170 valence electrons. The number of nitrogens with zero attached hydrogens (tertiary/aromatic N) is 7. The van der Waals surface area contributed by atoms with Crippen LogP contribution in [0.1, 0.15) is 37.6 Å². The predicted molar refractivity (Wildman–Crippen MR) is 131 cm³/mol. The van der Waals surface area contributed by atoms with Crippen LogP contribution in [0.4, 0.5) is 0 Å². The van der Waals surface area contributed by atoms with Gasteiger partial charge in [-0.05, 0) is 29.3 Å². The Morgan fingerprint density at radius 3 is 2.47 bits per heavy atom. The van der Waals surface area contributed by atoms with E-state index in [0.29, 0.717) is 12.2 Å². The fourth-order valence-electron chi connectivity index (χ4n) is 3.96. The van der Waals surface area contributed by atoms with Crippen LogP contribution in [0.5, 0.6) is 0 Å². The average Bonchev–Trinajstić information content (AvgIpc) is 3.56. The summed E-state index contributed by atoms with van der Waals surface area (Å²) in [5, 5.41) is 19.2. The number of benzene rings is 2. The van der Waals surface area contributed by atoms with Gasteiger partial charge in [0.25, 0.3) is 0 Å². The Bertz CT molecular complexity index is 1330. The van der Waals surface area contributed by atoms with E-state index in [4.69, 9.17) is 10.1 Å². The molecule has 0 spiro atoms. The second-order valence-electron chi connectivity index (χ2n) is 8.16. The van der Waals surface area contributed by atoms with Crippen LogP contribution in [0, 0.1) is 0 Å². The summed E-state index contributed by atoms with van der Waals surface area (Å²) in [4.78, 5) is 9.46. The Balaban J connectivity index is 1.40. The number of aromatic amines is 1. The summed E-state index contributed by atoms with van der Waals surface area (Å²) in [5.41, 5.74) is 4.87. The van der Waals surface area contributed by atoms with Crippen molar-refractivity contribution < 1.29 is 0 Å². The normalized spacial score (nSPS) is 11.1. The third-order valence-electron chi connectivity index (χ3n) is 5.74. The SMILES string of the molecule is CCCCCn1nc(-c2ccccc2)nc1Cc1ccc(-c2ncccc2-c2nn[nH]n2)cc1. The van der Waals surface area contributed by atoms with Gasteiger partial charge in [0, 0.05) is 35.9 Å². The molecule has 0 fully saturated rings. The van der Waals surface area contributed by atoms with Crippen LogP contribution < -0.4 is 0 Å². The zero-order chi connectivity index (χ0) is 23.2. The van der Waals surface area contributed by atoms with Crippen LogP contribution in [0.2, 0.25) is 0 Å². The van der Waals surface area contributed by atoms with Gasteiger partial charge in [-0.15, -0.1) is 10.2 Å². The molecule has 3 heterocycles. The quantitative estimate of drug-likeness (QED) is 0.319. The fraction of sp³-hybridized carbons (Fsp3) is 0.231. The number of pyridine rings is 1. The Hall–Kier alpha value is -4.20. The minimum absolute atomic E-state index is 0.529. The van der Waals surface area contributed by atoms with Gasteiger partial charge < -0.3 is 0 Å². The Labute approximate surface area is 198 Å². The van der Waals surface area contributed by atoms with Gasteiger partial charge in [-0.2, -0.15) is 10.3 Å². The molecule has 0 saturated carbocycles. The molecule has 0 radical (unpaired) electrons. The van der Waals surface area contributed by atoms with E-state index in [9.17, 15) is 0 Å². The molecule has 5 aromatic rings. The molecule has 0 atom stereocenters. The summed E-state index contributed by atoms with van der Waals surface area (Å²) in [6.45, 7) is 3.09. The summed E-state index contributed by atoms with van der Waals surface area (Å²) < 4.78 is 2.07. The van der Waals surface area contributed by atoms with Gasteiger partial charge in [0.05, 0.1) is 5.69 Å². The first-order valence-electron chi connectivity index (χ1n) is 11.6. The maximum atomic E-state index is 4.90. The molecule has 8 heteroatoms. The predicted octanol–water partition coefficient (Wildman–Crippen LogP) is 4.97. The minimum atomic E-state index is 0.529. The number of tetrazole rings is 1. The molecular formula is C26H26N8. The molecule has 34 heavy (non-hydrogen) atoms. The standard InChI is InChI=1S/C26H26N8/c1-2-3-7-17-34-23(28-25(31-34)21-9-5-4-6-10-21)18-19-12-14-20(15-13-19)24-22(11-8-16-27-24)26-29-32-33-30-26/h4-6,8-16H,2-3,7,17-18H2,1H3,(H,29,30,32,33). The number of H-pyrrole nitrogens is 1. The van der Waals surface area contributed by atoms with Crippen molar-refractivity contribution in [3.05, 3.63) is 84.3 Å². The molecule has 8 nitrogen and oxygen atoms in total. The van der Waals surface area contributed by atoms with E-state index in [1.54, 1.807) is 6.20 Å². The third kappa shape index (κ3) is 4.76. The molecule has 1 N–H and O–H groups in total. The van der Waals surface area contributed by atoms with Gasteiger partial charge in [-0.25, -0.2) is 9.67 Å². The highest BCUT2D eigenvalue weighted by atomic mass is 15.5. The highest BCUT2D eigenvalue weighted by Crippen LogP contribution is 2.28. The van der Waals surface area contributed by atoms with E-state index >= 15 is 0 Å². The van der Waals surface area contributed by atoms with Crippen LogP contribution in [-0.2, 0) is 13.0 Å². The lowest BCUT2D eigenvalue weighted by Crippen LogP contribution is -2.06. The number of hydrogen-bond donors (Lipinski definition) is 1. The van der Waals surface area contributed by atoms with Gasteiger partial charge in [-0.1, -0.05) is 74.4 Å². The number of aryl methyl sites for hydroxylation is 1. The smallest absolute Gasteiger partial charge is 0.206 e. The molecule has 0 saturated heterocycles. The van der Waals surface area contributed by atoms with Crippen molar-refractivity contribution >= 4 is 0 Å². The first-order chi connectivity index (χ1) is 16.8. The average molecular weight is 451 g/mol. The molecule has 2 aromatic carbocycles. The maximum absolute atomic E-state index is 4.90. The monoisotopic (exact) mass is 450 g/mol. The van der Waals surface area contributed by atoms with Crippen LogP contribution >= 0.6 is 0 Å². The minimum Gasteiger partial charge on any atom is -0.255 e. The van der Waals surface area contributed by atoms with Crippen molar-refractivity contribution in [3.63, 3.8) is 0 Å². The largest absolute Gasteiger partial charge is 0.255 e. The molecular weight excluding hydrogens is 424 g/mol. The first kappa shape index (κ1) is 21.6. The second kappa shape index (κ2) is 10.2. The van der Waals surface area contributed by atoms with E-state index in [-0.39, 0.29) is 0 Å². The number of unbranched alkanes of at least 4 members (excludes halogenated alkanes) is 2. The summed E-state index contributed by atoms with van der Waals surface area (Å²) in [6.07, 6.45) is 5.94. The van der Waals surface area contributed by atoms with Crippen molar-refractivity contribution in [1.29, 1.82) is 0 Å². The Morgan fingerprint density at radius 2 is 1.71 bits per heavy atom. The summed E-state index contributed by atoms with van der Waals surface area (Å²) in [5.74, 6) is 2.29. The van der Waals surface area contributed by atoms with Crippen LogP contribution in [0.3, 0.4) is 0 Å². The van der Waals surface area contributed by atoms with Crippen molar-refractivity contribution in [2.24, 2.45) is 0 Å². The van der Waals surface area contributed by atoms with Crippen LogP contribution in [0.15, 0.2) is 72.9 Å². The lowest BCUT2D eigenvalue weighted by molar-refractivity contribution is 0.535. The number of rotatable bonds is 9. The van der Waals surface area contributed by atoms with E-state index in [1.165, 1.54) is 18.4 Å². The zero-order valence-electron chi connectivity index (χ0n) is 19.1. The number of aromatic nitrogens is 8. The third-order valence-corrected chi connectivity index (χ3v) is 5.74. The summed E-state index contributed by atoms with van der Waals surface area (Å²) in [6, 6.07) is 22.4. The van der Waals surface area contributed by atoms with Gasteiger partial charge in [0.15, 0.2) is 5.82 Å². The highest BCUT2D eigenvalue weighted by Gasteiger charge is 2.14. The Morgan fingerprint density at radius 1 is 0.853 bits per heavy atom. The molecule has 5 rings (SSSR count). The lowest BCUT2D eigenvalue weighted by Gasteiger charge is -2.08. The van der Waals surface area contributed by atoms with Gasteiger partial charge in [0.2, 0.25) is 5.82 Å². The van der Waals surface area contributed by atoms with Crippen LogP contribution in [0.25, 0.3) is 34.0 Å². The molecule has 0 aliphatic rings. The molecule has 0 bridgehead atoms. The topological polar surface area (TPSA) is 98.1 Å². The van der Waals surface area contributed by atoms with E-state index in [2.05, 4.69) is 73.6 Å². The van der Waals surface area contributed by atoms with Gasteiger partial charge >= 0.3 is 0 Å². The molecule has 3 aromatic heterocycles. The fourth-order valence-corrected chi connectivity index (χ4v) is 3.96. The summed E-state index contributed by atoms with van der Waals surface area (Å²) in [7, 11) is 0. The van der Waals surface area contributed by atoms with Gasteiger partial charge in [0.1, 0.15) is 5.82 Å². The molecule has 0 unspecified atom stereocenters. The van der Waals surface area contributed by atoms with Crippen molar-refractivity contribution in [3.8, 4) is 34.0 Å². The molecule has 0 aliphatic carbocycles. The van der Waals surface area contributed by atoms with E-state index in [0.717, 1.165) is 47.0 Å². The molecule has 0 amide bonds. The summed E-state index contributed by atoms with van der Waals surface area (Å²) >= 11 is 0. The van der Waals surface area contributed by atoms with E-state index in [1.807, 2.05) is 30.3 Å². The van der Waals surface area contributed by atoms with Crippen LogP contribution in [-0.4, -0.2) is 40.4 Å². The lowest BCUT2D eigenvalue weighted by atomic mass is 10.0. The number of hydrogen-bond acceptors (Lipinski definition) is 6. The second-order valence-corrected chi connectivity index (χ2v) is 8.16. The highest BCUT2D eigenvalue weighted by molar-refractivity contribution is 5.77. The van der Waals surface area contributed by atoms with Crippen molar-refractivity contribution in [2.75, 3.05) is 0 Å². The zero-order valence-corrected chi connectivity index (χ0v) is 19.1. The maximum Gasteiger partial charge on any atom is 0.206 e. The first-order valence-corrected chi connectivity index (χ1v) is 11.6. The Kier molecular flexibility index (Phi) is 6.47. The number of nitrogens with one attached hydrogen (secondary N) is 1. The molecule has 0 aliphatic heterocycles. The van der Waals surface area contributed by atoms with Gasteiger partial charge in [-0.3, -0.25) is 4.98 Å².